The van der Waals surface area contributed by atoms with Crippen molar-refractivity contribution in [2.24, 2.45) is 12.0 Å². The first-order valence-corrected chi connectivity index (χ1v) is 49.8. The van der Waals surface area contributed by atoms with Crippen LogP contribution in [-0.2, 0) is 86.1 Å². The fourth-order valence-electron chi connectivity index (χ4n) is 19.3. The molecule has 0 atom stereocenters. The number of aliphatic imine (C=N–C) groups is 1. The van der Waals surface area contributed by atoms with Gasteiger partial charge in [0.1, 0.15) is 30.7 Å². The number of aromatic nitrogens is 5. The van der Waals surface area contributed by atoms with E-state index in [0.717, 1.165) is 128 Å². The molecule has 17 heteroatoms. The first kappa shape index (κ1) is 101. The normalized spacial score (nSPS) is 13.1. The summed E-state index contributed by atoms with van der Waals surface area (Å²) in [5.41, 5.74) is 14.9. The van der Waals surface area contributed by atoms with Gasteiger partial charge in [-0.15, -0.1) is 9.36 Å². The number of fused-ring (bicyclic) bond motifs is 4. The van der Waals surface area contributed by atoms with Crippen LogP contribution < -0.4 is 36.4 Å². The number of hydrogen-bond acceptors (Lipinski definition) is 12. The quantitative estimate of drug-likeness (QED) is 0.0126. The van der Waals surface area contributed by atoms with Crippen LogP contribution in [0.25, 0.3) is 21.5 Å². The van der Waals surface area contributed by atoms with Gasteiger partial charge < -0.3 is 24.1 Å². The van der Waals surface area contributed by atoms with Gasteiger partial charge >= 0.3 is 6.08 Å². The fourth-order valence-corrected chi connectivity index (χ4v) is 19.3. The van der Waals surface area contributed by atoms with Crippen LogP contribution in [0.15, 0.2) is 249 Å². The van der Waals surface area contributed by atoms with Gasteiger partial charge in [-0.05, 0) is 236 Å². The minimum absolute atomic E-state index is 0.000830. The van der Waals surface area contributed by atoms with Crippen LogP contribution in [0, 0.1) is 0 Å². The van der Waals surface area contributed by atoms with E-state index in [1.54, 1.807) is 36.4 Å². The topological polar surface area (TPSA) is 203 Å². The first-order chi connectivity index (χ1) is 65.0. The van der Waals surface area contributed by atoms with Crippen molar-refractivity contribution in [1.29, 1.82) is 0 Å². The summed E-state index contributed by atoms with van der Waals surface area (Å²) in [6, 6.07) is 75.5. The van der Waals surface area contributed by atoms with E-state index in [1.165, 1.54) is 54.6 Å². The molecule has 0 bridgehead atoms. The van der Waals surface area contributed by atoms with E-state index in [4.69, 9.17) is 24.2 Å². The molecule has 0 saturated carbocycles. The van der Waals surface area contributed by atoms with Crippen molar-refractivity contribution in [2.75, 3.05) is 26.4 Å². The number of benzene rings is 10. The zero-order valence-electron chi connectivity index (χ0n) is 84.5. The number of aliphatic hydroxyl groups is 1. The van der Waals surface area contributed by atoms with Gasteiger partial charge in [-0.25, -0.2) is 0 Å². The lowest BCUT2D eigenvalue weighted by Gasteiger charge is -2.38. The Morgan fingerprint density at radius 2 is 0.613 bits per heavy atom. The molecule has 718 valence electrons. The number of carbonyl (C=O) groups excluding carboxylic acids is 2. The molecule has 0 aliphatic heterocycles. The van der Waals surface area contributed by atoms with Crippen molar-refractivity contribution in [1.82, 2.24) is 19.0 Å². The number of hydrogen-bond donors (Lipinski definition) is 1. The molecule has 0 fully saturated rings. The molecule has 137 heavy (non-hydrogen) atoms. The number of unbranched alkanes of at least 4 members (excludes halogenated alkanes) is 12. The van der Waals surface area contributed by atoms with Crippen LogP contribution >= 0.6 is 0 Å². The highest BCUT2D eigenvalue weighted by Gasteiger charge is 2.42. The molecule has 14 rings (SSSR count). The molecule has 13 aromatic rings. The number of aliphatic hydroxyl groups excluding tert-OH is 1. The van der Waals surface area contributed by atoms with Crippen molar-refractivity contribution in [3.05, 3.63) is 366 Å². The molecular formula is C120H143N6O11+. The zero-order valence-corrected chi connectivity index (χ0v) is 84.5. The Hall–Kier alpha value is -12.2. The number of nitrogens with zero attached hydrogens (tertiary/aromatic N) is 6. The minimum Gasteiger partial charge on any atom is -0.494 e. The molecule has 1 aliphatic rings. The summed E-state index contributed by atoms with van der Waals surface area (Å²) in [6.45, 7) is 43.2. The minimum atomic E-state index is -0.844. The number of ether oxygens (including phenoxy) is 4. The van der Waals surface area contributed by atoms with Gasteiger partial charge in [-0.3, -0.25) is 37.9 Å². The third-order valence-corrected chi connectivity index (χ3v) is 27.8. The van der Waals surface area contributed by atoms with E-state index in [-0.39, 0.29) is 85.3 Å². The number of ketones is 2. The molecule has 0 radical (unpaired) electrons. The number of aryl methyl sites for hydroxylation is 3. The molecule has 3 heterocycles. The van der Waals surface area contributed by atoms with Gasteiger partial charge in [0.05, 0.1) is 57.7 Å². The third kappa shape index (κ3) is 23.0. The van der Waals surface area contributed by atoms with Gasteiger partial charge in [0, 0.05) is 48.4 Å². The monoisotopic (exact) mass is 1840 g/mol. The maximum atomic E-state index is 14.0. The Morgan fingerprint density at radius 3 is 0.956 bits per heavy atom. The molecule has 1 aliphatic carbocycles. The van der Waals surface area contributed by atoms with E-state index in [1.807, 2.05) is 28.5 Å². The standard InChI is InChI=1S/C120H142N6O11/c1-113(2,3)81-37-49-87(50-38-81)119(88-51-39-82(40-52-88)114(4,5)6,89-53-41-83(42-54-89)115(7,8)9)90-61-63-94(64-62-90)121-112(133)136-74-34-25-23-31-71-126-110(131)104-78-102-103(79-105(104)111(126)132)109(130)125(108(102)129)70-30-22-21-29-69-124-80-95(123(19)122-124)36-28-20-24-32-72-134-96-65-67-98-100(76-96)106(127)99-68-66-97(77-101(99)107(98)128)135-73-33-26-27-35-75-137-120(91-55-43-84(44-56-91)116(10,11)12,92-57-45-85(46-58-92)117(13,14)15)93-59-47-86(48-60-93)118(16,17)18/h37-68,76-80H,20-36,69-75H2,1-19H3/p+1. The Labute approximate surface area is 810 Å². The Bertz CT molecular complexity index is 6280. The largest absolute Gasteiger partial charge is 0.494 e. The fraction of sp³-hybridized carbons (Fsp3) is 0.425. The SMILES string of the molecule is C[n+]1nn(CCCCCCn2c(=O)c3cc4c(=O)n(CCCCCCOC(O)=Nc5ccc(C(c6ccc(C(C)(C)C)cc6)(c6ccc(C(C)(C)C)cc6)c6ccc(C(C)(C)C)cc6)cc5)c(=O)c4cc3c2=O)cc1CCCCCCOc1ccc2c(c1)C(=O)c1ccc(OCCCCCCOC(c3ccc(C(C)(C)C)cc3)(c3ccc(C(C)(C)C)cc3)c3ccc(C(C)(C)C)cc3)cc1C2=O. The van der Waals surface area contributed by atoms with Crippen molar-refractivity contribution < 1.29 is 38.3 Å². The van der Waals surface area contributed by atoms with Crippen molar-refractivity contribution in [3.63, 3.8) is 0 Å². The lowest BCUT2D eigenvalue weighted by atomic mass is 9.64. The predicted octanol–water partition coefficient (Wildman–Crippen LogP) is 25.1. The lowest BCUT2D eigenvalue weighted by molar-refractivity contribution is -0.739. The van der Waals surface area contributed by atoms with E-state index in [2.05, 4.69) is 294 Å². The molecule has 3 aromatic heterocycles. The molecule has 17 nitrogen and oxygen atoms in total. The molecule has 0 saturated heterocycles. The van der Waals surface area contributed by atoms with Crippen LogP contribution in [0.1, 0.15) is 337 Å². The second-order valence-corrected chi connectivity index (χ2v) is 44.1. The van der Waals surface area contributed by atoms with Crippen LogP contribution in [0.5, 0.6) is 11.5 Å². The maximum absolute atomic E-state index is 14.0. The summed E-state index contributed by atoms with van der Waals surface area (Å²) >= 11 is 0. The molecular weight excluding hydrogens is 1700 g/mol. The molecule has 10 aromatic carbocycles. The van der Waals surface area contributed by atoms with Crippen LogP contribution in [0.2, 0.25) is 0 Å². The summed E-state index contributed by atoms with van der Waals surface area (Å²) in [5, 5.41) is 16.3. The zero-order chi connectivity index (χ0) is 98.2. The van der Waals surface area contributed by atoms with Crippen LogP contribution in [0.4, 0.5) is 5.69 Å². The predicted molar refractivity (Wildman–Crippen MR) is 554 cm³/mol. The molecule has 0 spiro atoms. The van der Waals surface area contributed by atoms with Crippen LogP contribution in [-0.4, -0.2) is 68.2 Å². The summed E-state index contributed by atoms with van der Waals surface area (Å²) < 4.78 is 31.8. The van der Waals surface area contributed by atoms with Gasteiger partial charge in [-0.1, -0.05) is 314 Å². The van der Waals surface area contributed by atoms with Crippen molar-refractivity contribution in [2.45, 2.75) is 297 Å². The second kappa shape index (κ2) is 42.0. The smallest absolute Gasteiger partial charge is 0.386 e. The van der Waals surface area contributed by atoms with Gasteiger partial charge in [-0.2, -0.15) is 4.99 Å². The lowest BCUT2D eigenvalue weighted by Crippen LogP contribution is -2.35. The van der Waals surface area contributed by atoms with E-state index >= 15 is 0 Å². The highest BCUT2D eigenvalue weighted by atomic mass is 16.6. The highest BCUT2D eigenvalue weighted by molar-refractivity contribution is 6.28. The third-order valence-electron chi connectivity index (χ3n) is 27.8. The van der Waals surface area contributed by atoms with E-state index in [9.17, 15) is 33.9 Å². The van der Waals surface area contributed by atoms with E-state index < -0.39 is 39.3 Å². The number of carbonyl (C=O) groups is 2. The highest BCUT2D eigenvalue weighted by Crippen LogP contribution is 2.49. The Morgan fingerprint density at radius 1 is 0.321 bits per heavy atom. The van der Waals surface area contributed by atoms with Gasteiger partial charge in [0.2, 0.25) is 0 Å². The average Bonchev–Trinajstić information content (AvgIpc) is 1.68. The maximum Gasteiger partial charge on any atom is 0.386 e. The number of rotatable bonds is 39. The summed E-state index contributed by atoms with van der Waals surface area (Å²) in [7, 11) is 1.96. The summed E-state index contributed by atoms with van der Waals surface area (Å²) in [6.07, 6.45) is 15.5. The summed E-state index contributed by atoms with van der Waals surface area (Å²) in [4.78, 5) is 87.5. The summed E-state index contributed by atoms with van der Waals surface area (Å²) in [5.74, 6) is 0.695. The Balaban J connectivity index is 0.482. The first-order valence-electron chi connectivity index (χ1n) is 49.8. The average molecular weight is 1850 g/mol. The second-order valence-electron chi connectivity index (χ2n) is 44.1. The van der Waals surface area contributed by atoms with Crippen LogP contribution in [0.3, 0.4) is 0 Å². The van der Waals surface area contributed by atoms with Gasteiger partial charge in [0.25, 0.3) is 22.2 Å². The molecule has 0 amide bonds. The Kier molecular flexibility index (Phi) is 30.9. The van der Waals surface area contributed by atoms with E-state index in [0.29, 0.717) is 91.4 Å². The van der Waals surface area contributed by atoms with Crippen molar-refractivity contribution in [3.8, 4) is 11.5 Å². The molecule has 0 unspecified atom stereocenters. The van der Waals surface area contributed by atoms with Gasteiger partial charge in [0.15, 0.2) is 23.5 Å². The molecule has 1 N–H and O–H groups in total. The van der Waals surface area contributed by atoms with Crippen molar-refractivity contribution >= 4 is 44.9 Å².